The summed E-state index contributed by atoms with van der Waals surface area (Å²) in [6.07, 6.45) is 2.18. The van der Waals surface area contributed by atoms with E-state index in [2.05, 4.69) is 0 Å². The minimum absolute atomic E-state index is 0.000548. The van der Waals surface area contributed by atoms with Gasteiger partial charge in [-0.1, -0.05) is 36.4 Å². The molecule has 0 spiro atoms. The van der Waals surface area contributed by atoms with Crippen molar-refractivity contribution in [1.82, 2.24) is 14.1 Å². The molecule has 176 valence electrons. The second kappa shape index (κ2) is 9.65. The maximum Gasteiger partial charge on any atom is 0.250 e. The molecule has 2 aromatic rings. The number of carbonyl (C=O) groups is 2. The SMILES string of the molecule is Cc1ccc(S(=O)(=O)N2CCN(C(=O)C(c3ccccc3)N3CCCCC3=O)CC2)cc1C. The van der Waals surface area contributed by atoms with Gasteiger partial charge in [0.1, 0.15) is 6.04 Å². The predicted octanol–water partition coefficient (Wildman–Crippen LogP) is 2.89. The van der Waals surface area contributed by atoms with Crippen LogP contribution < -0.4 is 0 Å². The first-order valence-corrected chi connectivity index (χ1v) is 12.9. The molecule has 2 aliphatic heterocycles. The molecule has 7 nitrogen and oxygen atoms in total. The van der Waals surface area contributed by atoms with Gasteiger partial charge in [-0.05, 0) is 55.5 Å². The van der Waals surface area contributed by atoms with Crippen LogP contribution in [0.5, 0.6) is 0 Å². The molecule has 1 unspecified atom stereocenters. The molecule has 0 radical (unpaired) electrons. The number of hydrogen-bond donors (Lipinski definition) is 0. The van der Waals surface area contributed by atoms with Gasteiger partial charge in [-0.3, -0.25) is 9.59 Å². The normalized spacial score (nSPS) is 18.9. The molecule has 0 N–H and O–H groups in total. The van der Waals surface area contributed by atoms with Gasteiger partial charge < -0.3 is 9.80 Å². The van der Waals surface area contributed by atoms with Crippen molar-refractivity contribution in [2.24, 2.45) is 0 Å². The monoisotopic (exact) mass is 469 g/mol. The third-order valence-electron chi connectivity index (χ3n) is 6.69. The summed E-state index contributed by atoms with van der Waals surface area (Å²) < 4.78 is 27.7. The summed E-state index contributed by atoms with van der Waals surface area (Å²) in [7, 11) is -3.62. The summed E-state index contributed by atoms with van der Waals surface area (Å²) in [5.74, 6) is -0.140. The van der Waals surface area contributed by atoms with Gasteiger partial charge in [0.2, 0.25) is 21.8 Å². The lowest BCUT2D eigenvalue weighted by Crippen LogP contribution is -2.54. The Balaban J connectivity index is 1.51. The first kappa shape index (κ1) is 23.4. The Morgan fingerprint density at radius 1 is 0.879 bits per heavy atom. The summed E-state index contributed by atoms with van der Waals surface area (Å²) in [6.45, 7) is 5.48. The van der Waals surface area contributed by atoms with Crippen LogP contribution in [0.1, 0.15) is 42.0 Å². The lowest BCUT2D eigenvalue weighted by atomic mass is 9.99. The molecule has 2 saturated heterocycles. The first-order valence-electron chi connectivity index (χ1n) is 11.5. The molecule has 0 aromatic heterocycles. The maximum absolute atomic E-state index is 13.6. The van der Waals surface area contributed by atoms with E-state index in [4.69, 9.17) is 0 Å². The fourth-order valence-electron chi connectivity index (χ4n) is 4.54. The van der Waals surface area contributed by atoms with Crippen LogP contribution in [0.4, 0.5) is 0 Å². The van der Waals surface area contributed by atoms with E-state index >= 15 is 0 Å². The van der Waals surface area contributed by atoms with E-state index in [9.17, 15) is 18.0 Å². The Kier molecular flexibility index (Phi) is 6.86. The summed E-state index contributed by atoms with van der Waals surface area (Å²) in [4.78, 5) is 29.9. The number of nitrogens with zero attached hydrogens (tertiary/aromatic N) is 3. The van der Waals surface area contributed by atoms with Crippen molar-refractivity contribution in [3.63, 3.8) is 0 Å². The Bertz CT molecular complexity index is 1130. The molecule has 2 heterocycles. The van der Waals surface area contributed by atoms with Gasteiger partial charge in [-0.2, -0.15) is 4.31 Å². The molecule has 33 heavy (non-hydrogen) atoms. The van der Waals surface area contributed by atoms with Gasteiger partial charge in [-0.25, -0.2) is 8.42 Å². The average Bonchev–Trinajstić information content (AvgIpc) is 2.83. The Labute approximate surface area is 196 Å². The smallest absolute Gasteiger partial charge is 0.250 e. The van der Waals surface area contributed by atoms with Gasteiger partial charge >= 0.3 is 0 Å². The summed E-state index contributed by atoms with van der Waals surface area (Å²) >= 11 is 0. The highest BCUT2D eigenvalue weighted by Crippen LogP contribution is 2.28. The molecule has 0 bridgehead atoms. The van der Waals surface area contributed by atoms with Gasteiger partial charge in [0.25, 0.3) is 0 Å². The van der Waals surface area contributed by atoms with Crippen LogP contribution in [-0.4, -0.2) is 67.1 Å². The minimum Gasteiger partial charge on any atom is -0.338 e. The van der Waals surface area contributed by atoms with Gasteiger partial charge in [0.15, 0.2) is 0 Å². The number of aryl methyl sites for hydroxylation is 2. The summed E-state index contributed by atoms with van der Waals surface area (Å²) in [6, 6.07) is 13.9. The molecule has 1 atom stereocenters. The second-order valence-corrected chi connectivity index (χ2v) is 10.8. The highest BCUT2D eigenvalue weighted by Gasteiger charge is 2.37. The number of piperazine rings is 1. The average molecular weight is 470 g/mol. The molecule has 0 aliphatic carbocycles. The third-order valence-corrected chi connectivity index (χ3v) is 8.58. The number of hydrogen-bond acceptors (Lipinski definition) is 4. The Morgan fingerprint density at radius 3 is 2.21 bits per heavy atom. The lowest BCUT2D eigenvalue weighted by molar-refractivity contribution is -0.148. The molecule has 8 heteroatoms. The number of carbonyl (C=O) groups excluding carboxylic acids is 2. The van der Waals surface area contributed by atoms with E-state index in [0.717, 1.165) is 29.5 Å². The maximum atomic E-state index is 13.6. The molecule has 2 aromatic carbocycles. The van der Waals surface area contributed by atoms with Crippen molar-refractivity contribution in [1.29, 1.82) is 0 Å². The first-order chi connectivity index (χ1) is 15.8. The second-order valence-electron chi connectivity index (χ2n) is 8.83. The topological polar surface area (TPSA) is 78.0 Å². The fourth-order valence-corrected chi connectivity index (χ4v) is 6.04. The van der Waals surface area contributed by atoms with Crippen molar-refractivity contribution in [2.45, 2.75) is 44.0 Å². The number of sulfonamides is 1. The highest BCUT2D eigenvalue weighted by molar-refractivity contribution is 7.89. The van der Waals surface area contributed by atoms with E-state index in [1.54, 1.807) is 21.9 Å². The van der Waals surface area contributed by atoms with Gasteiger partial charge in [-0.15, -0.1) is 0 Å². The van der Waals surface area contributed by atoms with Crippen LogP contribution in [0.3, 0.4) is 0 Å². The van der Waals surface area contributed by atoms with Crippen LogP contribution in [0.25, 0.3) is 0 Å². The molecular weight excluding hydrogens is 438 g/mol. The van der Waals surface area contributed by atoms with E-state index in [0.29, 0.717) is 26.1 Å². The third kappa shape index (κ3) is 4.82. The van der Waals surface area contributed by atoms with Crippen LogP contribution in [0, 0.1) is 13.8 Å². The molecule has 2 aliphatic rings. The summed E-state index contributed by atoms with van der Waals surface area (Å²) in [5.41, 5.74) is 2.77. The largest absolute Gasteiger partial charge is 0.338 e. The predicted molar refractivity (Wildman–Crippen MR) is 126 cm³/mol. The van der Waals surface area contributed by atoms with Crippen molar-refractivity contribution >= 4 is 21.8 Å². The molecule has 4 rings (SSSR count). The van der Waals surface area contributed by atoms with Crippen molar-refractivity contribution in [3.8, 4) is 0 Å². The number of benzene rings is 2. The number of rotatable bonds is 5. The van der Waals surface area contributed by atoms with Crippen LogP contribution in [0.2, 0.25) is 0 Å². The van der Waals surface area contributed by atoms with Crippen molar-refractivity contribution < 1.29 is 18.0 Å². The lowest BCUT2D eigenvalue weighted by Gasteiger charge is -2.40. The summed E-state index contributed by atoms with van der Waals surface area (Å²) in [5, 5.41) is 0. The van der Waals surface area contributed by atoms with Crippen LogP contribution in [-0.2, 0) is 19.6 Å². The number of amides is 2. The van der Waals surface area contributed by atoms with Crippen molar-refractivity contribution in [2.75, 3.05) is 32.7 Å². The van der Waals surface area contributed by atoms with E-state index < -0.39 is 16.1 Å². The van der Waals surface area contributed by atoms with Crippen LogP contribution >= 0.6 is 0 Å². The van der Waals surface area contributed by atoms with Crippen LogP contribution in [0.15, 0.2) is 53.4 Å². The molecule has 2 fully saturated rings. The number of likely N-dealkylation sites (tertiary alicyclic amines) is 1. The fraction of sp³-hybridized carbons (Fsp3) is 0.440. The van der Waals surface area contributed by atoms with Gasteiger partial charge in [0, 0.05) is 39.1 Å². The quantitative estimate of drug-likeness (QED) is 0.675. The Morgan fingerprint density at radius 2 is 1.58 bits per heavy atom. The molecule has 2 amide bonds. The highest BCUT2D eigenvalue weighted by atomic mass is 32.2. The molecule has 0 saturated carbocycles. The zero-order valence-electron chi connectivity index (χ0n) is 19.2. The van der Waals surface area contributed by atoms with Gasteiger partial charge in [0.05, 0.1) is 4.90 Å². The van der Waals surface area contributed by atoms with E-state index in [1.165, 1.54) is 4.31 Å². The zero-order chi connectivity index (χ0) is 23.6. The minimum atomic E-state index is -3.62. The molecular formula is C25H31N3O4S. The van der Waals surface area contributed by atoms with E-state index in [-0.39, 0.29) is 29.8 Å². The standard InChI is InChI=1S/C25H31N3O4S/c1-19-11-12-22(18-20(19)2)33(31,32)27-16-14-26(15-17-27)25(30)24(21-8-4-3-5-9-21)28-13-7-6-10-23(28)29/h3-5,8-9,11-12,18,24H,6-7,10,13-17H2,1-2H3. The number of piperidine rings is 1. The Hall–Kier alpha value is -2.71. The zero-order valence-corrected chi connectivity index (χ0v) is 20.1. The van der Waals surface area contributed by atoms with Crippen molar-refractivity contribution in [3.05, 3.63) is 65.2 Å². The van der Waals surface area contributed by atoms with E-state index in [1.807, 2.05) is 50.2 Å².